The standard InChI is InChI=1S/C28H27N3O7/c32-14-25-27-21(10-19(37-25)11-26(33)30-13-16-2-1-7-29-12-16)20-9-18(4-6-22(20)38-27)31-28(34)17-3-5-23-24(8-17)36-15-35-23/h1-9,12,19,21,25,27,32H,10-11,13-15H2,(H,30,33)(H,31,34)/t19-,21-,25+,27+/m1/s1. The molecule has 3 aromatic rings. The van der Waals surface area contributed by atoms with Crippen LogP contribution in [-0.2, 0) is 16.1 Å². The molecule has 38 heavy (non-hydrogen) atoms. The van der Waals surface area contributed by atoms with Gasteiger partial charge in [0.1, 0.15) is 18.0 Å². The van der Waals surface area contributed by atoms with Crippen molar-refractivity contribution >= 4 is 17.5 Å². The molecule has 3 N–H and O–H groups in total. The molecule has 4 heterocycles. The lowest BCUT2D eigenvalue weighted by Crippen LogP contribution is -2.47. The van der Waals surface area contributed by atoms with Crippen LogP contribution in [0.3, 0.4) is 0 Å². The summed E-state index contributed by atoms with van der Waals surface area (Å²) in [7, 11) is 0. The second-order valence-electron chi connectivity index (χ2n) is 9.52. The maximum Gasteiger partial charge on any atom is 0.255 e. The van der Waals surface area contributed by atoms with Gasteiger partial charge in [0.2, 0.25) is 12.7 Å². The van der Waals surface area contributed by atoms with Gasteiger partial charge in [-0.3, -0.25) is 14.6 Å². The van der Waals surface area contributed by atoms with Gasteiger partial charge in [0.05, 0.1) is 19.1 Å². The molecule has 1 saturated heterocycles. The fourth-order valence-corrected chi connectivity index (χ4v) is 5.19. The molecule has 1 fully saturated rings. The van der Waals surface area contributed by atoms with Gasteiger partial charge in [0, 0.05) is 41.7 Å². The highest BCUT2D eigenvalue weighted by Crippen LogP contribution is 2.47. The molecule has 6 rings (SSSR count). The first-order valence-electron chi connectivity index (χ1n) is 12.5. The Bertz CT molecular complexity index is 1350. The number of ether oxygens (including phenoxy) is 4. The number of carbonyl (C=O) groups excluding carboxylic acids is 2. The van der Waals surface area contributed by atoms with Gasteiger partial charge in [-0.25, -0.2) is 0 Å². The number of benzene rings is 2. The molecule has 3 aliphatic rings. The number of fused-ring (bicyclic) bond motifs is 4. The number of aromatic nitrogens is 1. The summed E-state index contributed by atoms with van der Waals surface area (Å²) in [6.45, 7) is 0.295. The van der Waals surface area contributed by atoms with Gasteiger partial charge in [-0.1, -0.05) is 6.07 Å². The van der Waals surface area contributed by atoms with Crippen LogP contribution in [0.1, 0.15) is 40.2 Å². The molecule has 0 aliphatic carbocycles. The third-order valence-electron chi connectivity index (χ3n) is 7.02. The SMILES string of the molecule is O=C(C[C@H]1C[C@@H]2c3cc(NC(=O)c4ccc5c(c4)OCO5)ccc3O[C@@H]2[C@H](CO)O1)NCc1cccnc1. The van der Waals surface area contributed by atoms with Crippen LogP contribution in [0.25, 0.3) is 0 Å². The van der Waals surface area contributed by atoms with E-state index in [4.69, 9.17) is 18.9 Å². The number of nitrogens with one attached hydrogen (secondary N) is 2. The lowest BCUT2D eigenvalue weighted by Gasteiger charge is -2.37. The van der Waals surface area contributed by atoms with Crippen LogP contribution in [0.4, 0.5) is 5.69 Å². The Labute approximate surface area is 218 Å². The van der Waals surface area contributed by atoms with E-state index in [2.05, 4.69) is 15.6 Å². The fraction of sp³-hybridized carbons (Fsp3) is 0.321. The summed E-state index contributed by atoms with van der Waals surface area (Å²) in [4.78, 5) is 29.6. The predicted molar refractivity (Wildman–Crippen MR) is 135 cm³/mol. The topological polar surface area (TPSA) is 128 Å². The number of nitrogens with zero attached hydrogens (tertiary/aromatic N) is 1. The zero-order valence-electron chi connectivity index (χ0n) is 20.5. The molecule has 3 aliphatic heterocycles. The minimum absolute atomic E-state index is 0.0885. The van der Waals surface area contributed by atoms with E-state index in [0.717, 1.165) is 11.1 Å². The van der Waals surface area contributed by atoms with Crippen molar-refractivity contribution in [1.29, 1.82) is 0 Å². The maximum atomic E-state index is 12.9. The minimum Gasteiger partial charge on any atom is -0.487 e. The summed E-state index contributed by atoms with van der Waals surface area (Å²) in [5, 5.41) is 15.8. The highest BCUT2D eigenvalue weighted by atomic mass is 16.7. The quantitative estimate of drug-likeness (QED) is 0.437. The molecule has 2 aromatic carbocycles. The van der Waals surface area contributed by atoms with Crippen LogP contribution in [0.2, 0.25) is 0 Å². The molecule has 0 bridgehead atoms. The van der Waals surface area contributed by atoms with E-state index in [-0.39, 0.29) is 49.8 Å². The first-order valence-corrected chi connectivity index (χ1v) is 12.5. The Morgan fingerprint density at radius 1 is 1.05 bits per heavy atom. The summed E-state index contributed by atoms with van der Waals surface area (Å²) < 4.78 is 22.9. The number of anilines is 1. The smallest absolute Gasteiger partial charge is 0.255 e. The van der Waals surface area contributed by atoms with Crippen molar-refractivity contribution in [3.63, 3.8) is 0 Å². The average Bonchev–Trinajstić information content (AvgIpc) is 3.56. The monoisotopic (exact) mass is 517 g/mol. The number of hydrogen-bond acceptors (Lipinski definition) is 8. The Morgan fingerprint density at radius 2 is 1.92 bits per heavy atom. The van der Waals surface area contributed by atoms with Crippen molar-refractivity contribution in [2.45, 2.75) is 43.6 Å². The third-order valence-corrected chi connectivity index (χ3v) is 7.02. The van der Waals surface area contributed by atoms with Crippen molar-refractivity contribution in [2.24, 2.45) is 0 Å². The van der Waals surface area contributed by atoms with E-state index < -0.39 is 6.10 Å². The molecule has 0 radical (unpaired) electrons. The lowest BCUT2D eigenvalue weighted by atomic mass is 9.84. The molecule has 4 atom stereocenters. The van der Waals surface area contributed by atoms with Crippen molar-refractivity contribution in [1.82, 2.24) is 10.3 Å². The van der Waals surface area contributed by atoms with Crippen LogP contribution >= 0.6 is 0 Å². The van der Waals surface area contributed by atoms with Gasteiger partial charge < -0.3 is 34.7 Å². The Kier molecular flexibility index (Phi) is 6.57. The number of rotatable bonds is 7. The summed E-state index contributed by atoms with van der Waals surface area (Å²) >= 11 is 0. The van der Waals surface area contributed by atoms with Crippen LogP contribution in [0.15, 0.2) is 60.9 Å². The van der Waals surface area contributed by atoms with Crippen LogP contribution in [-0.4, -0.2) is 53.6 Å². The number of aliphatic hydroxyl groups excluding tert-OH is 1. The van der Waals surface area contributed by atoms with Crippen molar-refractivity contribution in [2.75, 3.05) is 18.7 Å². The Morgan fingerprint density at radius 3 is 2.76 bits per heavy atom. The van der Waals surface area contributed by atoms with Crippen molar-refractivity contribution in [3.8, 4) is 17.2 Å². The molecule has 196 valence electrons. The minimum atomic E-state index is -0.566. The van der Waals surface area contributed by atoms with Gasteiger partial charge in [-0.2, -0.15) is 0 Å². The van der Waals surface area contributed by atoms with E-state index in [1.807, 2.05) is 24.3 Å². The highest BCUT2D eigenvalue weighted by Gasteiger charge is 2.46. The number of amides is 2. The van der Waals surface area contributed by atoms with E-state index in [0.29, 0.717) is 41.5 Å². The van der Waals surface area contributed by atoms with Crippen LogP contribution in [0.5, 0.6) is 17.2 Å². The zero-order chi connectivity index (χ0) is 26.1. The first kappa shape index (κ1) is 24.2. The molecular formula is C28H27N3O7. The molecule has 1 aromatic heterocycles. The van der Waals surface area contributed by atoms with Gasteiger partial charge in [0.15, 0.2) is 11.5 Å². The Balaban J connectivity index is 1.13. The fourth-order valence-electron chi connectivity index (χ4n) is 5.19. The molecule has 0 saturated carbocycles. The summed E-state index contributed by atoms with van der Waals surface area (Å²) in [6, 6.07) is 14.2. The van der Waals surface area contributed by atoms with Gasteiger partial charge in [-0.05, 0) is 54.4 Å². The molecule has 0 unspecified atom stereocenters. The van der Waals surface area contributed by atoms with Crippen molar-refractivity contribution in [3.05, 3.63) is 77.6 Å². The molecular weight excluding hydrogens is 490 g/mol. The summed E-state index contributed by atoms with van der Waals surface area (Å²) in [5.74, 6) is 1.33. The number of carbonyl (C=O) groups is 2. The average molecular weight is 518 g/mol. The van der Waals surface area contributed by atoms with Crippen molar-refractivity contribution < 1.29 is 33.6 Å². The lowest BCUT2D eigenvalue weighted by molar-refractivity contribution is -0.142. The molecule has 0 spiro atoms. The molecule has 2 amide bonds. The Hall–Kier alpha value is -4.15. The van der Waals surface area contributed by atoms with Gasteiger partial charge in [-0.15, -0.1) is 0 Å². The normalized spacial score (nSPS) is 22.7. The third kappa shape index (κ3) is 4.88. The van der Waals surface area contributed by atoms with Gasteiger partial charge in [0.25, 0.3) is 5.91 Å². The summed E-state index contributed by atoms with van der Waals surface area (Å²) in [5.41, 5.74) is 2.90. The van der Waals surface area contributed by atoms with Crippen LogP contribution in [0, 0.1) is 0 Å². The second-order valence-corrected chi connectivity index (χ2v) is 9.52. The number of pyridine rings is 1. The van der Waals surface area contributed by atoms with Gasteiger partial charge >= 0.3 is 0 Å². The van der Waals surface area contributed by atoms with E-state index in [1.54, 1.807) is 36.7 Å². The number of hydrogen-bond donors (Lipinski definition) is 3. The van der Waals surface area contributed by atoms with Crippen LogP contribution < -0.4 is 24.8 Å². The summed E-state index contributed by atoms with van der Waals surface area (Å²) in [6.07, 6.45) is 2.78. The predicted octanol–water partition coefficient (Wildman–Crippen LogP) is 2.76. The first-order chi connectivity index (χ1) is 18.6. The second kappa shape index (κ2) is 10.3. The van der Waals surface area contributed by atoms with E-state index >= 15 is 0 Å². The zero-order valence-corrected chi connectivity index (χ0v) is 20.5. The molecule has 10 heteroatoms. The maximum absolute atomic E-state index is 12.9. The van der Waals surface area contributed by atoms with E-state index in [1.165, 1.54) is 0 Å². The number of aliphatic hydroxyl groups is 1. The van der Waals surface area contributed by atoms with E-state index in [9.17, 15) is 14.7 Å². The molecule has 10 nitrogen and oxygen atoms in total. The largest absolute Gasteiger partial charge is 0.487 e. The highest BCUT2D eigenvalue weighted by molar-refractivity contribution is 6.04.